The summed E-state index contributed by atoms with van der Waals surface area (Å²) in [5.41, 5.74) is 1.16. The molecule has 0 aliphatic heterocycles. The fourth-order valence-electron chi connectivity index (χ4n) is 1.66. The zero-order chi connectivity index (χ0) is 12.3. The molecule has 1 heterocycles. The van der Waals surface area contributed by atoms with Crippen LogP contribution >= 0.6 is 0 Å². The van der Waals surface area contributed by atoms with E-state index in [1.165, 1.54) is 19.1 Å². The summed E-state index contributed by atoms with van der Waals surface area (Å²) in [4.78, 5) is 0. The Labute approximate surface area is 102 Å². The highest BCUT2D eigenvalue weighted by atomic mass is 32.2. The van der Waals surface area contributed by atoms with E-state index in [0.717, 1.165) is 12.1 Å². The predicted molar refractivity (Wildman–Crippen MR) is 66.4 cm³/mol. The zero-order valence-corrected chi connectivity index (χ0v) is 10.9. The van der Waals surface area contributed by atoms with Gasteiger partial charge >= 0.3 is 0 Å². The summed E-state index contributed by atoms with van der Waals surface area (Å²) in [7, 11) is -2.85. The van der Waals surface area contributed by atoms with Gasteiger partial charge < -0.3 is 5.32 Å². The molecule has 1 aromatic rings. The Hall–Kier alpha value is -0.880. The van der Waals surface area contributed by atoms with Gasteiger partial charge in [0, 0.05) is 37.1 Å². The third-order valence-electron chi connectivity index (χ3n) is 2.76. The van der Waals surface area contributed by atoms with Gasteiger partial charge in [0.25, 0.3) is 0 Å². The lowest BCUT2D eigenvalue weighted by atomic mass is 10.3. The van der Waals surface area contributed by atoms with Crippen molar-refractivity contribution >= 4 is 9.84 Å². The third kappa shape index (κ3) is 4.87. The molecule has 5 nitrogen and oxygen atoms in total. The average Bonchev–Trinajstić information content (AvgIpc) is 2.95. The normalized spacial score (nSPS) is 16.3. The molecule has 1 saturated carbocycles. The second-order valence-electron chi connectivity index (χ2n) is 4.75. The molecule has 96 valence electrons. The molecule has 17 heavy (non-hydrogen) atoms. The Morgan fingerprint density at radius 2 is 2.29 bits per heavy atom. The Morgan fingerprint density at radius 1 is 1.53 bits per heavy atom. The molecule has 0 saturated heterocycles. The van der Waals surface area contributed by atoms with Gasteiger partial charge in [0.05, 0.1) is 11.9 Å². The maximum absolute atomic E-state index is 11.0. The Bertz CT molecular complexity index is 463. The van der Waals surface area contributed by atoms with Crippen molar-refractivity contribution in [1.29, 1.82) is 0 Å². The molecule has 6 heteroatoms. The summed E-state index contributed by atoms with van der Waals surface area (Å²) < 4.78 is 23.8. The topological polar surface area (TPSA) is 64.0 Å². The van der Waals surface area contributed by atoms with Crippen LogP contribution in [0.25, 0.3) is 0 Å². The van der Waals surface area contributed by atoms with Crippen LogP contribution in [0.2, 0.25) is 0 Å². The minimum absolute atomic E-state index is 0.225. The lowest BCUT2D eigenvalue weighted by Gasteiger charge is -2.00. The molecular formula is C11H19N3O2S. The molecule has 0 amide bonds. The molecule has 1 aliphatic carbocycles. The van der Waals surface area contributed by atoms with Crippen LogP contribution in [0.5, 0.6) is 0 Å². The van der Waals surface area contributed by atoms with Gasteiger partial charge in [0.1, 0.15) is 9.84 Å². The fraction of sp³-hybridized carbons (Fsp3) is 0.727. The van der Waals surface area contributed by atoms with E-state index < -0.39 is 9.84 Å². The van der Waals surface area contributed by atoms with E-state index in [1.807, 2.05) is 17.1 Å². The van der Waals surface area contributed by atoms with Gasteiger partial charge in [0.15, 0.2) is 0 Å². The van der Waals surface area contributed by atoms with E-state index in [4.69, 9.17) is 0 Å². The second-order valence-corrected chi connectivity index (χ2v) is 7.01. The number of sulfone groups is 1. The monoisotopic (exact) mass is 257 g/mol. The van der Waals surface area contributed by atoms with Crippen molar-refractivity contribution in [2.24, 2.45) is 0 Å². The van der Waals surface area contributed by atoms with Crippen LogP contribution < -0.4 is 5.32 Å². The molecule has 0 atom stereocenters. The quantitative estimate of drug-likeness (QED) is 0.775. The lowest BCUT2D eigenvalue weighted by Crippen LogP contribution is -2.14. The van der Waals surface area contributed by atoms with Crippen LogP contribution in [0.4, 0.5) is 0 Å². The molecular weight excluding hydrogens is 238 g/mol. The number of hydrogen-bond acceptors (Lipinski definition) is 4. The fourth-order valence-corrected chi connectivity index (χ4v) is 2.31. The molecule has 0 aromatic carbocycles. The minimum atomic E-state index is -2.85. The highest BCUT2D eigenvalue weighted by molar-refractivity contribution is 7.90. The summed E-state index contributed by atoms with van der Waals surface area (Å²) in [6.07, 6.45) is 8.27. The van der Waals surface area contributed by atoms with Crippen LogP contribution in [-0.4, -0.2) is 36.2 Å². The molecule has 0 radical (unpaired) electrons. The van der Waals surface area contributed by atoms with Gasteiger partial charge in [0.2, 0.25) is 0 Å². The maximum Gasteiger partial charge on any atom is 0.147 e. The smallest absolute Gasteiger partial charge is 0.147 e. The summed E-state index contributed by atoms with van der Waals surface area (Å²) in [5, 5.41) is 7.63. The molecule has 0 bridgehead atoms. The van der Waals surface area contributed by atoms with E-state index in [9.17, 15) is 8.42 Å². The number of aromatic nitrogens is 2. The molecule has 0 spiro atoms. The zero-order valence-electron chi connectivity index (χ0n) is 10.1. The number of nitrogens with one attached hydrogen (secondary N) is 1. The third-order valence-corrected chi connectivity index (χ3v) is 3.79. The first-order chi connectivity index (χ1) is 8.03. The molecule has 1 N–H and O–H groups in total. The van der Waals surface area contributed by atoms with E-state index in [2.05, 4.69) is 10.4 Å². The highest BCUT2D eigenvalue weighted by Crippen LogP contribution is 2.19. The van der Waals surface area contributed by atoms with E-state index in [0.29, 0.717) is 19.0 Å². The van der Waals surface area contributed by atoms with Crippen molar-refractivity contribution in [3.63, 3.8) is 0 Å². The van der Waals surface area contributed by atoms with Crippen molar-refractivity contribution < 1.29 is 8.42 Å². The number of hydrogen-bond donors (Lipinski definition) is 1. The molecule has 1 aromatic heterocycles. The Balaban J connectivity index is 1.73. The first-order valence-corrected chi connectivity index (χ1v) is 8.01. The van der Waals surface area contributed by atoms with Crippen molar-refractivity contribution in [1.82, 2.24) is 15.1 Å². The van der Waals surface area contributed by atoms with Crippen LogP contribution in [0.3, 0.4) is 0 Å². The number of rotatable bonds is 7. The van der Waals surface area contributed by atoms with Gasteiger partial charge in [-0.1, -0.05) is 0 Å². The van der Waals surface area contributed by atoms with E-state index >= 15 is 0 Å². The molecule has 1 aliphatic rings. The summed E-state index contributed by atoms with van der Waals surface area (Å²) in [5.74, 6) is 0.225. The SMILES string of the molecule is CS(=O)(=O)CCCn1cc(CNC2CC2)cn1. The first kappa shape index (κ1) is 12.6. The molecule has 2 rings (SSSR count). The van der Waals surface area contributed by atoms with Crippen LogP contribution in [0, 0.1) is 0 Å². The minimum Gasteiger partial charge on any atom is -0.310 e. The second kappa shape index (κ2) is 5.18. The van der Waals surface area contributed by atoms with Gasteiger partial charge in [-0.15, -0.1) is 0 Å². The van der Waals surface area contributed by atoms with Gasteiger partial charge in [-0.25, -0.2) is 8.42 Å². The van der Waals surface area contributed by atoms with Crippen molar-refractivity contribution in [2.45, 2.75) is 38.4 Å². The summed E-state index contributed by atoms with van der Waals surface area (Å²) >= 11 is 0. The largest absolute Gasteiger partial charge is 0.310 e. The number of aryl methyl sites for hydroxylation is 1. The lowest BCUT2D eigenvalue weighted by molar-refractivity contribution is 0.576. The first-order valence-electron chi connectivity index (χ1n) is 5.95. The Morgan fingerprint density at radius 3 is 2.94 bits per heavy atom. The van der Waals surface area contributed by atoms with Crippen LogP contribution in [0.1, 0.15) is 24.8 Å². The van der Waals surface area contributed by atoms with Gasteiger partial charge in [-0.3, -0.25) is 4.68 Å². The predicted octanol–water partition coefficient (Wildman–Crippen LogP) is 0.570. The molecule has 1 fully saturated rings. The van der Waals surface area contributed by atoms with Crippen molar-refractivity contribution in [3.05, 3.63) is 18.0 Å². The van der Waals surface area contributed by atoms with Crippen LogP contribution in [0.15, 0.2) is 12.4 Å². The maximum atomic E-state index is 11.0. The Kier molecular flexibility index (Phi) is 3.83. The van der Waals surface area contributed by atoms with Crippen molar-refractivity contribution in [2.75, 3.05) is 12.0 Å². The van der Waals surface area contributed by atoms with E-state index in [-0.39, 0.29) is 5.75 Å². The van der Waals surface area contributed by atoms with Crippen LogP contribution in [-0.2, 0) is 22.9 Å². The average molecular weight is 257 g/mol. The van der Waals surface area contributed by atoms with Gasteiger partial charge in [-0.2, -0.15) is 5.10 Å². The van der Waals surface area contributed by atoms with Gasteiger partial charge in [-0.05, 0) is 19.3 Å². The summed E-state index contributed by atoms with van der Waals surface area (Å²) in [6, 6.07) is 0.698. The van der Waals surface area contributed by atoms with E-state index in [1.54, 1.807) is 0 Å². The summed E-state index contributed by atoms with van der Waals surface area (Å²) in [6.45, 7) is 1.52. The van der Waals surface area contributed by atoms with Crippen molar-refractivity contribution in [3.8, 4) is 0 Å². The number of nitrogens with zero attached hydrogens (tertiary/aromatic N) is 2. The highest BCUT2D eigenvalue weighted by Gasteiger charge is 2.20. The standard InChI is InChI=1S/C11H19N3O2S/c1-17(15,16)6-2-5-14-9-10(8-13-14)7-12-11-3-4-11/h8-9,11-12H,2-7H2,1H3. The molecule has 0 unspecified atom stereocenters.